The smallest absolute Gasteiger partial charge is 0.404 e. The van der Waals surface area contributed by atoms with Crippen LogP contribution in [0, 0.1) is 10.1 Å². The Morgan fingerprint density at radius 2 is 2.05 bits per heavy atom. The summed E-state index contributed by atoms with van der Waals surface area (Å²) in [7, 11) is 0. The first-order valence-corrected chi connectivity index (χ1v) is 6.41. The highest BCUT2D eigenvalue weighted by molar-refractivity contribution is 5.85. The minimum atomic E-state index is -0.482. The van der Waals surface area contributed by atoms with E-state index >= 15 is 0 Å². The van der Waals surface area contributed by atoms with Gasteiger partial charge in [0.1, 0.15) is 10.7 Å². The fourth-order valence-corrected chi connectivity index (χ4v) is 2.39. The minimum absolute atomic E-state index is 0. The third kappa shape index (κ3) is 4.63. The van der Waals surface area contributed by atoms with Crippen LogP contribution >= 0.6 is 24.8 Å². The van der Waals surface area contributed by atoms with Gasteiger partial charge in [-0.25, -0.2) is 0 Å². The summed E-state index contributed by atoms with van der Waals surface area (Å²) in [5, 5.41) is 14.0. The second-order valence-corrected chi connectivity index (χ2v) is 4.52. The lowest BCUT2D eigenvalue weighted by atomic mass is 10.1. The van der Waals surface area contributed by atoms with Gasteiger partial charge in [-0.05, 0) is 12.5 Å². The van der Waals surface area contributed by atoms with Gasteiger partial charge in [0, 0.05) is 26.2 Å². The number of hydrogen-bond donors (Lipinski definition) is 1. The predicted octanol–water partition coefficient (Wildman–Crippen LogP) is 2.78. The lowest BCUT2D eigenvalue weighted by Crippen LogP contribution is -2.45. The number of halogens is 2. The van der Waals surface area contributed by atoms with Crippen molar-refractivity contribution in [3.05, 3.63) is 28.0 Å². The summed E-state index contributed by atoms with van der Waals surface area (Å²) in [6, 6.07) is 3.34. The maximum atomic E-state index is 10.7. The molecule has 0 amide bonds. The molecule has 1 aliphatic rings. The van der Waals surface area contributed by atoms with Crippen molar-refractivity contribution >= 4 is 30.7 Å². The normalized spacial score (nSPS) is 16.9. The van der Waals surface area contributed by atoms with E-state index in [4.69, 9.17) is 4.42 Å². The van der Waals surface area contributed by atoms with Crippen LogP contribution in [0.2, 0.25) is 0 Å². The van der Waals surface area contributed by atoms with Gasteiger partial charge in [0.05, 0.1) is 12.1 Å². The van der Waals surface area contributed by atoms with E-state index in [1.807, 2.05) is 0 Å². The van der Waals surface area contributed by atoms with Crippen molar-refractivity contribution in [2.24, 2.45) is 0 Å². The number of rotatable bonds is 5. The van der Waals surface area contributed by atoms with Crippen molar-refractivity contribution in [1.29, 1.82) is 0 Å². The van der Waals surface area contributed by atoms with Crippen LogP contribution in [0.25, 0.3) is 0 Å². The van der Waals surface area contributed by atoms with Gasteiger partial charge in [-0.1, -0.05) is 13.3 Å². The third-order valence-corrected chi connectivity index (χ3v) is 3.28. The number of nitrogens with one attached hydrogen (secondary N) is 1. The summed E-state index contributed by atoms with van der Waals surface area (Å²) >= 11 is 0. The molecule has 2 heterocycles. The summed E-state index contributed by atoms with van der Waals surface area (Å²) in [6.07, 6.45) is 1.99. The highest BCUT2D eigenvalue weighted by atomic mass is 35.5. The van der Waals surface area contributed by atoms with E-state index in [-0.39, 0.29) is 36.7 Å². The number of hydrogen-bond acceptors (Lipinski definition) is 5. The second-order valence-electron chi connectivity index (χ2n) is 4.52. The molecule has 1 aromatic heterocycles. The topological polar surface area (TPSA) is 71.5 Å². The molecule has 1 aliphatic heterocycles. The number of furan rings is 1. The zero-order valence-electron chi connectivity index (χ0n) is 11.4. The Balaban J connectivity index is 0.00000180. The van der Waals surface area contributed by atoms with Gasteiger partial charge in [-0.2, -0.15) is 0 Å². The Bertz CT molecular complexity index is 408. The summed E-state index contributed by atoms with van der Waals surface area (Å²) in [6.45, 7) is 5.96. The van der Waals surface area contributed by atoms with Crippen LogP contribution in [-0.4, -0.2) is 36.0 Å². The molecule has 116 valence electrons. The predicted molar refractivity (Wildman–Crippen MR) is 82.0 cm³/mol. The fraction of sp³-hybridized carbons (Fsp3) is 0.667. The van der Waals surface area contributed by atoms with Gasteiger partial charge in [-0.15, -0.1) is 24.8 Å². The molecule has 6 nitrogen and oxygen atoms in total. The average molecular weight is 326 g/mol. The molecule has 0 unspecified atom stereocenters. The zero-order chi connectivity index (χ0) is 13.0. The quantitative estimate of drug-likeness (QED) is 0.665. The monoisotopic (exact) mass is 325 g/mol. The molecule has 0 radical (unpaired) electrons. The van der Waals surface area contributed by atoms with Crippen LogP contribution in [0.4, 0.5) is 5.88 Å². The van der Waals surface area contributed by atoms with E-state index in [0.717, 1.165) is 39.0 Å². The molecule has 0 saturated carbocycles. The molecule has 1 aromatic rings. The molecule has 1 atom stereocenters. The summed E-state index contributed by atoms with van der Waals surface area (Å²) < 4.78 is 5.35. The fourth-order valence-electron chi connectivity index (χ4n) is 2.39. The molecule has 1 fully saturated rings. The Morgan fingerprint density at radius 1 is 1.40 bits per heavy atom. The van der Waals surface area contributed by atoms with Gasteiger partial charge in [-0.3, -0.25) is 15.0 Å². The molecule has 1 N–H and O–H groups in total. The third-order valence-electron chi connectivity index (χ3n) is 3.28. The molecule has 0 bridgehead atoms. The van der Waals surface area contributed by atoms with Crippen molar-refractivity contribution in [1.82, 2.24) is 10.2 Å². The first-order chi connectivity index (χ1) is 8.72. The van der Waals surface area contributed by atoms with Crippen molar-refractivity contribution in [3.8, 4) is 0 Å². The van der Waals surface area contributed by atoms with Gasteiger partial charge in [0.25, 0.3) is 0 Å². The van der Waals surface area contributed by atoms with Crippen LogP contribution < -0.4 is 5.32 Å². The van der Waals surface area contributed by atoms with E-state index in [2.05, 4.69) is 17.1 Å². The Hall–Kier alpha value is -0.820. The van der Waals surface area contributed by atoms with Crippen LogP contribution in [0.5, 0.6) is 0 Å². The Morgan fingerprint density at radius 3 is 2.55 bits per heavy atom. The summed E-state index contributed by atoms with van der Waals surface area (Å²) in [4.78, 5) is 12.5. The maximum absolute atomic E-state index is 10.7. The van der Waals surface area contributed by atoms with Crippen molar-refractivity contribution in [2.45, 2.75) is 25.8 Å². The largest absolute Gasteiger partial charge is 0.433 e. The number of nitro groups is 1. The standard InChI is InChI=1S/C12H19N3O3.2ClH/c1-2-3-10(14-8-6-13-7-9-14)11-4-5-12(18-11)15(16)17;;/h4-5,10,13H,2-3,6-9H2,1H3;2*1H/t10-;;/m0../s1. The van der Waals surface area contributed by atoms with Crippen molar-refractivity contribution in [3.63, 3.8) is 0 Å². The molecule has 0 aromatic carbocycles. The van der Waals surface area contributed by atoms with Gasteiger partial charge < -0.3 is 9.73 Å². The summed E-state index contributed by atoms with van der Waals surface area (Å²) in [5.74, 6) is 0.548. The van der Waals surface area contributed by atoms with E-state index in [0.29, 0.717) is 5.76 Å². The molecule has 20 heavy (non-hydrogen) atoms. The number of nitrogens with zero attached hydrogens (tertiary/aromatic N) is 2. The SMILES string of the molecule is CCC[C@@H](c1ccc([N+](=O)[O-])o1)N1CCNCC1.Cl.Cl. The van der Waals surface area contributed by atoms with Crippen LogP contribution in [0.15, 0.2) is 16.5 Å². The lowest BCUT2D eigenvalue weighted by Gasteiger charge is -2.33. The lowest BCUT2D eigenvalue weighted by molar-refractivity contribution is -0.402. The molecule has 8 heteroatoms. The van der Waals surface area contributed by atoms with Gasteiger partial charge in [0.2, 0.25) is 0 Å². The highest BCUT2D eigenvalue weighted by Gasteiger charge is 2.25. The maximum Gasteiger partial charge on any atom is 0.433 e. The molecule has 2 rings (SSSR count). The van der Waals surface area contributed by atoms with E-state index in [1.54, 1.807) is 6.07 Å². The molecule has 0 spiro atoms. The number of piperazine rings is 1. The second kappa shape index (κ2) is 9.18. The van der Waals surface area contributed by atoms with Crippen LogP contribution in [0.3, 0.4) is 0 Å². The molecular formula is C12H21Cl2N3O3. The van der Waals surface area contributed by atoms with Gasteiger partial charge >= 0.3 is 5.88 Å². The first-order valence-electron chi connectivity index (χ1n) is 6.41. The summed E-state index contributed by atoms with van der Waals surface area (Å²) in [5.41, 5.74) is 0. The molecule has 1 saturated heterocycles. The van der Waals surface area contributed by atoms with Gasteiger partial charge in [0.15, 0.2) is 0 Å². The minimum Gasteiger partial charge on any atom is -0.404 e. The van der Waals surface area contributed by atoms with E-state index in [9.17, 15) is 10.1 Å². The average Bonchev–Trinajstić information content (AvgIpc) is 2.86. The Labute approximate surface area is 130 Å². The van der Waals surface area contributed by atoms with Crippen molar-refractivity contribution in [2.75, 3.05) is 26.2 Å². The Kier molecular flexibility index (Phi) is 8.80. The molecular weight excluding hydrogens is 305 g/mol. The molecule has 0 aliphatic carbocycles. The van der Waals surface area contributed by atoms with E-state index < -0.39 is 4.92 Å². The van der Waals surface area contributed by atoms with Crippen LogP contribution in [-0.2, 0) is 0 Å². The van der Waals surface area contributed by atoms with Crippen LogP contribution in [0.1, 0.15) is 31.6 Å². The first kappa shape index (κ1) is 19.2. The highest BCUT2D eigenvalue weighted by Crippen LogP contribution is 2.29. The van der Waals surface area contributed by atoms with E-state index in [1.165, 1.54) is 6.07 Å². The van der Waals surface area contributed by atoms with Crippen molar-refractivity contribution < 1.29 is 9.34 Å². The zero-order valence-corrected chi connectivity index (χ0v) is 13.0.